The summed E-state index contributed by atoms with van der Waals surface area (Å²) in [5.41, 5.74) is 2.70. The van der Waals surface area contributed by atoms with E-state index < -0.39 is 0 Å². The highest BCUT2D eigenvalue weighted by atomic mass is 16.2. The van der Waals surface area contributed by atoms with Crippen LogP contribution in [0.15, 0.2) is 54.6 Å². The molecule has 0 fully saturated rings. The Bertz CT molecular complexity index is 728. The molecule has 2 amide bonds. The first kappa shape index (κ1) is 19.7. The molecule has 2 N–H and O–H groups in total. The quantitative estimate of drug-likeness (QED) is 0.754. The summed E-state index contributed by atoms with van der Waals surface area (Å²) < 4.78 is 0. The Morgan fingerprint density at radius 3 is 2.42 bits per heavy atom. The zero-order valence-corrected chi connectivity index (χ0v) is 15.8. The Labute approximate surface area is 156 Å². The van der Waals surface area contributed by atoms with Gasteiger partial charge in [-0.1, -0.05) is 56.3 Å². The van der Waals surface area contributed by atoms with Crippen LogP contribution in [0, 0.1) is 0 Å². The van der Waals surface area contributed by atoms with Gasteiger partial charge in [0.2, 0.25) is 5.91 Å². The van der Waals surface area contributed by atoms with Crippen molar-refractivity contribution in [3.63, 3.8) is 0 Å². The van der Waals surface area contributed by atoms with Gasteiger partial charge in [0.15, 0.2) is 0 Å². The van der Waals surface area contributed by atoms with Crippen LogP contribution in [0.4, 0.5) is 0 Å². The van der Waals surface area contributed by atoms with Crippen molar-refractivity contribution in [3.8, 4) is 0 Å². The summed E-state index contributed by atoms with van der Waals surface area (Å²) in [4.78, 5) is 24.4. The van der Waals surface area contributed by atoms with Crippen molar-refractivity contribution in [2.24, 2.45) is 0 Å². The fourth-order valence-electron chi connectivity index (χ4n) is 2.68. The zero-order valence-electron chi connectivity index (χ0n) is 15.8. The van der Waals surface area contributed by atoms with Crippen molar-refractivity contribution in [2.45, 2.75) is 52.1 Å². The van der Waals surface area contributed by atoms with Crippen LogP contribution in [0.3, 0.4) is 0 Å². The molecule has 0 radical (unpaired) electrons. The molecule has 0 spiro atoms. The van der Waals surface area contributed by atoms with Gasteiger partial charge in [-0.3, -0.25) is 9.59 Å². The normalized spacial score (nSPS) is 12.9. The summed E-state index contributed by atoms with van der Waals surface area (Å²) in [6, 6.07) is 17.6. The molecule has 0 aromatic heterocycles. The van der Waals surface area contributed by atoms with Gasteiger partial charge in [0.1, 0.15) is 0 Å². The number of rotatable bonds is 8. The third kappa shape index (κ3) is 6.03. The molecule has 0 aliphatic heterocycles. The maximum atomic E-state index is 12.2. The van der Waals surface area contributed by atoms with Crippen LogP contribution in [0.25, 0.3) is 0 Å². The number of nitrogens with one attached hydrogen (secondary N) is 2. The number of carbonyl (C=O) groups is 2. The highest BCUT2D eigenvalue weighted by molar-refractivity contribution is 5.94. The smallest absolute Gasteiger partial charge is 0.251 e. The molecule has 0 aliphatic rings. The van der Waals surface area contributed by atoms with Gasteiger partial charge >= 0.3 is 0 Å². The van der Waals surface area contributed by atoms with E-state index in [1.807, 2.05) is 62.4 Å². The Morgan fingerprint density at radius 1 is 1.00 bits per heavy atom. The van der Waals surface area contributed by atoms with E-state index in [4.69, 9.17) is 0 Å². The van der Waals surface area contributed by atoms with Crippen LogP contribution >= 0.6 is 0 Å². The molecule has 4 heteroatoms. The minimum Gasteiger partial charge on any atom is -0.352 e. The standard InChI is InChI=1S/C22H28N2O2/c1-4-17(3)24-22(26)20-12-8-9-18(14-20)15-23-21(25)13-16(2)19-10-6-5-7-11-19/h5-12,14,16-17H,4,13,15H2,1-3H3,(H,23,25)(H,24,26)/t16-,17+/m0/s1. The SMILES string of the molecule is CC[C@@H](C)NC(=O)c1cccc(CNC(=O)C[C@H](C)c2ccccc2)c1. The number of benzene rings is 2. The predicted octanol–water partition coefficient (Wildman–Crippen LogP) is 4.02. The van der Waals surface area contributed by atoms with Crippen molar-refractivity contribution in [1.29, 1.82) is 0 Å². The minimum atomic E-state index is -0.0785. The summed E-state index contributed by atoms with van der Waals surface area (Å²) >= 11 is 0. The molecule has 0 saturated carbocycles. The first-order chi connectivity index (χ1) is 12.5. The Hall–Kier alpha value is -2.62. The van der Waals surface area contributed by atoms with Gasteiger partial charge in [0.05, 0.1) is 0 Å². The lowest BCUT2D eigenvalue weighted by Gasteiger charge is -2.13. The number of hydrogen-bond donors (Lipinski definition) is 2. The van der Waals surface area contributed by atoms with E-state index in [1.54, 1.807) is 6.07 Å². The molecule has 4 nitrogen and oxygen atoms in total. The molecule has 2 atom stereocenters. The van der Waals surface area contributed by atoms with Crippen LogP contribution in [0.2, 0.25) is 0 Å². The molecule has 0 heterocycles. The van der Waals surface area contributed by atoms with Gasteiger partial charge in [-0.15, -0.1) is 0 Å². The van der Waals surface area contributed by atoms with E-state index in [2.05, 4.69) is 17.6 Å². The molecule has 0 saturated heterocycles. The minimum absolute atomic E-state index is 0.0100. The molecule has 138 valence electrons. The van der Waals surface area contributed by atoms with Gasteiger partial charge < -0.3 is 10.6 Å². The second kappa shape index (κ2) is 9.76. The third-order valence-corrected chi connectivity index (χ3v) is 4.53. The van der Waals surface area contributed by atoms with Gasteiger partial charge in [-0.2, -0.15) is 0 Å². The third-order valence-electron chi connectivity index (χ3n) is 4.53. The monoisotopic (exact) mass is 352 g/mol. The lowest BCUT2D eigenvalue weighted by Crippen LogP contribution is -2.32. The van der Waals surface area contributed by atoms with E-state index in [-0.39, 0.29) is 23.8 Å². The zero-order chi connectivity index (χ0) is 18.9. The fraction of sp³-hybridized carbons (Fsp3) is 0.364. The Morgan fingerprint density at radius 2 is 1.73 bits per heavy atom. The molecule has 2 aromatic carbocycles. The summed E-state index contributed by atoms with van der Waals surface area (Å²) in [5.74, 6) is 0.102. The van der Waals surface area contributed by atoms with Crippen LogP contribution in [0.1, 0.15) is 61.0 Å². The first-order valence-electron chi connectivity index (χ1n) is 9.21. The van der Waals surface area contributed by atoms with Crippen molar-refractivity contribution in [1.82, 2.24) is 10.6 Å². The van der Waals surface area contributed by atoms with Crippen LogP contribution in [0.5, 0.6) is 0 Å². The van der Waals surface area contributed by atoms with E-state index in [0.29, 0.717) is 18.5 Å². The van der Waals surface area contributed by atoms with Crippen molar-refractivity contribution in [2.75, 3.05) is 0 Å². The topological polar surface area (TPSA) is 58.2 Å². The van der Waals surface area contributed by atoms with Crippen LogP contribution < -0.4 is 10.6 Å². The molecular weight excluding hydrogens is 324 g/mol. The molecule has 2 rings (SSSR count). The molecular formula is C22H28N2O2. The average Bonchev–Trinajstić information content (AvgIpc) is 2.67. The highest BCUT2D eigenvalue weighted by Crippen LogP contribution is 2.18. The Balaban J connectivity index is 1.88. The summed E-state index contributed by atoms with van der Waals surface area (Å²) in [5, 5.41) is 5.90. The molecule has 2 aromatic rings. The number of carbonyl (C=O) groups excluding carboxylic acids is 2. The Kier molecular flexibility index (Phi) is 7.39. The predicted molar refractivity (Wildman–Crippen MR) is 105 cm³/mol. The summed E-state index contributed by atoms with van der Waals surface area (Å²) in [7, 11) is 0. The first-order valence-corrected chi connectivity index (χ1v) is 9.21. The molecule has 0 unspecified atom stereocenters. The molecule has 26 heavy (non-hydrogen) atoms. The van der Waals surface area contributed by atoms with Gasteiger partial charge in [-0.05, 0) is 42.5 Å². The lowest BCUT2D eigenvalue weighted by atomic mass is 9.97. The highest BCUT2D eigenvalue weighted by Gasteiger charge is 2.12. The summed E-state index contributed by atoms with van der Waals surface area (Å²) in [6.45, 7) is 6.49. The average molecular weight is 352 g/mol. The maximum absolute atomic E-state index is 12.2. The van der Waals surface area contributed by atoms with Crippen LogP contribution in [-0.4, -0.2) is 17.9 Å². The largest absolute Gasteiger partial charge is 0.352 e. The van der Waals surface area contributed by atoms with E-state index in [9.17, 15) is 9.59 Å². The number of hydrogen-bond acceptors (Lipinski definition) is 2. The lowest BCUT2D eigenvalue weighted by molar-refractivity contribution is -0.121. The second-order valence-electron chi connectivity index (χ2n) is 6.78. The van der Waals surface area contributed by atoms with E-state index >= 15 is 0 Å². The van der Waals surface area contributed by atoms with Gasteiger partial charge in [-0.25, -0.2) is 0 Å². The molecule has 0 aliphatic carbocycles. The van der Waals surface area contributed by atoms with E-state index in [1.165, 1.54) is 0 Å². The van der Waals surface area contributed by atoms with Crippen molar-refractivity contribution >= 4 is 11.8 Å². The second-order valence-corrected chi connectivity index (χ2v) is 6.78. The number of amides is 2. The van der Waals surface area contributed by atoms with Crippen molar-refractivity contribution < 1.29 is 9.59 Å². The van der Waals surface area contributed by atoms with Gasteiger partial charge in [0.25, 0.3) is 5.91 Å². The van der Waals surface area contributed by atoms with Crippen molar-refractivity contribution in [3.05, 3.63) is 71.3 Å². The van der Waals surface area contributed by atoms with Crippen LogP contribution in [-0.2, 0) is 11.3 Å². The van der Waals surface area contributed by atoms with Gasteiger partial charge in [0, 0.05) is 24.6 Å². The maximum Gasteiger partial charge on any atom is 0.251 e. The van der Waals surface area contributed by atoms with E-state index in [0.717, 1.165) is 17.5 Å². The fourth-order valence-corrected chi connectivity index (χ4v) is 2.68. The molecule has 0 bridgehead atoms. The summed E-state index contributed by atoms with van der Waals surface area (Å²) in [6.07, 6.45) is 1.33.